The molecule has 37 heavy (non-hydrogen) atoms. The number of aromatic nitrogens is 2. The van der Waals surface area contributed by atoms with Crippen molar-refractivity contribution in [2.24, 2.45) is 5.73 Å². The van der Waals surface area contributed by atoms with Crippen LogP contribution in [0.2, 0.25) is 4.34 Å². The third-order valence-electron chi connectivity index (χ3n) is 6.48. The minimum atomic E-state index is -3.90. The molecule has 0 unspecified atom stereocenters. The van der Waals surface area contributed by atoms with Crippen molar-refractivity contribution in [2.45, 2.75) is 42.1 Å². The zero-order valence-corrected chi connectivity index (χ0v) is 22.4. The Kier molecular flexibility index (Phi) is 6.88. The highest BCUT2D eigenvalue weighted by molar-refractivity contribution is 7.94. The van der Waals surface area contributed by atoms with Gasteiger partial charge in [-0.25, -0.2) is 8.42 Å². The van der Waals surface area contributed by atoms with Gasteiger partial charge in [-0.1, -0.05) is 41.9 Å². The molecule has 1 fully saturated rings. The lowest BCUT2D eigenvalue weighted by Gasteiger charge is -2.36. The van der Waals surface area contributed by atoms with Crippen LogP contribution in [0.3, 0.4) is 0 Å². The van der Waals surface area contributed by atoms with Crippen molar-refractivity contribution >= 4 is 55.6 Å². The number of fused-ring (bicyclic) bond motifs is 1. The van der Waals surface area contributed by atoms with Crippen molar-refractivity contribution in [2.75, 3.05) is 11.8 Å². The fraction of sp³-hybridized carbons (Fsp3) is 0.280. The standard InChI is InChI=1S/C25H26ClN5O4S2/c1-35-19-8-3-7-18-22(19)23(30-37(33,34)21-10-9-20(26)36-21)29-31(18)15-17-6-2-5-16(13-17)14-28-24(32)25(27)11-4-12-25/h2-3,5-10,13H,4,11-12,14-15,27H2,1H3,(H,28,32)(H,29,30). The van der Waals surface area contributed by atoms with Crippen molar-refractivity contribution in [3.05, 3.63) is 70.1 Å². The number of benzene rings is 2. The van der Waals surface area contributed by atoms with Gasteiger partial charge in [-0.15, -0.1) is 11.3 Å². The Bertz CT molecular complexity index is 1580. The minimum Gasteiger partial charge on any atom is -0.496 e. The highest BCUT2D eigenvalue weighted by atomic mass is 35.5. The first kappa shape index (κ1) is 25.5. The molecule has 2 heterocycles. The van der Waals surface area contributed by atoms with Crippen LogP contribution in [0, 0.1) is 0 Å². The van der Waals surface area contributed by atoms with E-state index in [1.165, 1.54) is 19.2 Å². The molecule has 0 bridgehead atoms. The van der Waals surface area contributed by atoms with Gasteiger partial charge in [0.05, 0.1) is 34.4 Å². The molecule has 9 nitrogen and oxygen atoms in total. The van der Waals surface area contributed by atoms with Gasteiger partial charge >= 0.3 is 0 Å². The number of carbonyl (C=O) groups is 1. The number of hydrogen-bond donors (Lipinski definition) is 3. The lowest BCUT2D eigenvalue weighted by Crippen LogP contribution is -2.58. The summed E-state index contributed by atoms with van der Waals surface area (Å²) in [6.45, 7) is 0.743. The van der Waals surface area contributed by atoms with Gasteiger partial charge in [0, 0.05) is 6.54 Å². The van der Waals surface area contributed by atoms with E-state index in [4.69, 9.17) is 22.1 Å². The lowest BCUT2D eigenvalue weighted by atomic mass is 9.77. The third-order valence-corrected chi connectivity index (χ3v) is 9.54. The second-order valence-corrected chi connectivity index (χ2v) is 12.7. The molecule has 1 amide bonds. The molecule has 12 heteroatoms. The zero-order valence-electron chi connectivity index (χ0n) is 20.0. The Morgan fingerprint density at radius 2 is 1.95 bits per heavy atom. The van der Waals surface area contributed by atoms with Crippen LogP contribution < -0.4 is 20.5 Å². The molecule has 0 atom stereocenters. The Morgan fingerprint density at radius 1 is 1.19 bits per heavy atom. The van der Waals surface area contributed by atoms with E-state index in [9.17, 15) is 13.2 Å². The summed E-state index contributed by atoms with van der Waals surface area (Å²) in [7, 11) is -2.37. The molecule has 1 aliphatic carbocycles. The maximum absolute atomic E-state index is 13.0. The average Bonchev–Trinajstić information content (AvgIpc) is 3.45. The number of anilines is 1. The summed E-state index contributed by atoms with van der Waals surface area (Å²) in [4.78, 5) is 12.4. The number of nitrogens with zero attached hydrogens (tertiary/aromatic N) is 2. The fourth-order valence-electron chi connectivity index (χ4n) is 4.33. The summed E-state index contributed by atoms with van der Waals surface area (Å²) >= 11 is 6.91. The Morgan fingerprint density at radius 3 is 2.62 bits per heavy atom. The molecule has 2 aromatic heterocycles. The van der Waals surface area contributed by atoms with Crippen LogP contribution in [0.25, 0.3) is 10.9 Å². The molecular weight excluding hydrogens is 534 g/mol. The molecule has 0 saturated heterocycles. The number of thiophene rings is 1. The van der Waals surface area contributed by atoms with E-state index in [-0.39, 0.29) is 15.9 Å². The van der Waals surface area contributed by atoms with E-state index in [1.54, 1.807) is 10.7 Å². The smallest absolute Gasteiger partial charge is 0.272 e. The van der Waals surface area contributed by atoms with E-state index in [1.807, 2.05) is 36.4 Å². The normalized spacial score (nSPS) is 14.8. The lowest BCUT2D eigenvalue weighted by molar-refractivity contribution is -0.129. The van der Waals surface area contributed by atoms with E-state index < -0.39 is 15.6 Å². The highest BCUT2D eigenvalue weighted by Gasteiger charge is 2.39. The van der Waals surface area contributed by atoms with Gasteiger partial charge in [-0.05, 0) is 54.7 Å². The number of methoxy groups -OCH3 is 1. The first-order valence-corrected chi connectivity index (χ1v) is 14.3. The number of halogens is 1. The summed E-state index contributed by atoms with van der Waals surface area (Å²) in [6, 6.07) is 16.2. The quantitative estimate of drug-likeness (QED) is 0.283. The summed E-state index contributed by atoms with van der Waals surface area (Å²) in [5, 5.41) is 8.08. The zero-order chi connectivity index (χ0) is 26.2. The number of carbonyl (C=O) groups excluding carboxylic acids is 1. The summed E-state index contributed by atoms with van der Waals surface area (Å²) < 4.78 is 36.3. The fourth-order valence-corrected chi connectivity index (χ4v) is 6.83. The van der Waals surface area contributed by atoms with Crippen LogP contribution in [0.1, 0.15) is 30.4 Å². The molecule has 4 N–H and O–H groups in total. The van der Waals surface area contributed by atoms with E-state index in [2.05, 4.69) is 15.1 Å². The van der Waals surface area contributed by atoms with Crippen LogP contribution in [0.5, 0.6) is 5.75 Å². The summed E-state index contributed by atoms with van der Waals surface area (Å²) in [6.07, 6.45) is 2.39. The topological polar surface area (TPSA) is 128 Å². The molecule has 0 spiro atoms. The van der Waals surface area contributed by atoms with Gasteiger partial charge in [0.2, 0.25) is 5.91 Å². The van der Waals surface area contributed by atoms with Crippen molar-refractivity contribution in [3.63, 3.8) is 0 Å². The maximum Gasteiger partial charge on any atom is 0.272 e. The van der Waals surface area contributed by atoms with Gasteiger partial charge in [-0.2, -0.15) is 5.10 Å². The Balaban J connectivity index is 1.42. The monoisotopic (exact) mass is 559 g/mol. The number of hydrogen-bond acceptors (Lipinski definition) is 7. The van der Waals surface area contributed by atoms with Crippen LogP contribution >= 0.6 is 22.9 Å². The molecule has 5 rings (SSSR count). The highest BCUT2D eigenvalue weighted by Crippen LogP contribution is 2.35. The van der Waals surface area contributed by atoms with E-state index in [0.29, 0.717) is 46.9 Å². The van der Waals surface area contributed by atoms with E-state index in [0.717, 1.165) is 28.9 Å². The van der Waals surface area contributed by atoms with Crippen molar-refractivity contribution in [3.8, 4) is 5.75 Å². The minimum absolute atomic E-state index is 0.0889. The van der Waals surface area contributed by atoms with Crippen molar-refractivity contribution in [1.82, 2.24) is 15.1 Å². The van der Waals surface area contributed by atoms with E-state index >= 15 is 0 Å². The predicted octanol–water partition coefficient (Wildman–Crippen LogP) is 4.11. The molecule has 2 aromatic carbocycles. The Labute approximate surface area is 223 Å². The van der Waals surface area contributed by atoms with Gasteiger partial charge in [0.25, 0.3) is 10.0 Å². The van der Waals surface area contributed by atoms with Crippen LogP contribution in [0.15, 0.2) is 58.8 Å². The van der Waals surface area contributed by atoms with Crippen LogP contribution in [-0.2, 0) is 27.9 Å². The number of ether oxygens (including phenoxy) is 1. The van der Waals surface area contributed by atoms with Gasteiger partial charge in [-0.3, -0.25) is 14.2 Å². The number of rotatable bonds is 9. The average molecular weight is 560 g/mol. The molecule has 1 saturated carbocycles. The Hall–Kier alpha value is -3.12. The van der Waals surface area contributed by atoms with Crippen molar-refractivity contribution in [1.29, 1.82) is 0 Å². The van der Waals surface area contributed by atoms with Crippen LogP contribution in [-0.4, -0.2) is 36.8 Å². The van der Waals surface area contributed by atoms with Crippen LogP contribution in [0.4, 0.5) is 5.82 Å². The summed E-state index contributed by atoms with van der Waals surface area (Å²) in [5.74, 6) is 0.529. The number of nitrogens with two attached hydrogens (primary N) is 1. The first-order chi connectivity index (χ1) is 17.7. The molecule has 194 valence electrons. The largest absolute Gasteiger partial charge is 0.496 e. The van der Waals surface area contributed by atoms with Gasteiger partial charge in [0.15, 0.2) is 5.82 Å². The number of sulfonamides is 1. The maximum atomic E-state index is 13.0. The van der Waals surface area contributed by atoms with Gasteiger partial charge in [0.1, 0.15) is 9.96 Å². The van der Waals surface area contributed by atoms with Gasteiger partial charge < -0.3 is 15.8 Å². The second kappa shape index (κ2) is 9.97. The second-order valence-electron chi connectivity index (χ2n) is 9.04. The molecular formula is C25H26ClN5O4S2. The molecule has 1 aliphatic rings. The molecule has 4 aromatic rings. The predicted molar refractivity (Wildman–Crippen MR) is 145 cm³/mol. The summed E-state index contributed by atoms with van der Waals surface area (Å²) in [5.41, 5.74) is 7.94. The molecule has 0 radical (unpaired) electrons. The first-order valence-electron chi connectivity index (χ1n) is 11.7. The molecule has 0 aliphatic heterocycles. The third kappa shape index (κ3) is 5.17. The number of nitrogens with one attached hydrogen (secondary N) is 2. The number of amides is 1. The SMILES string of the molecule is COc1cccc2c1c(NS(=O)(=O)c1ccc(Cl)s1)nn2Cc1cccc(CNC(=O)C2(N)CCC2)c1. The van der Waals surface area contributed by atoms with Crippen molar-refractivity contribution < 1.29 is 17.9 Å².